The summed E-state index contributed by atoms with van der Waals surface area (Å²) in [7, 11) is 0. The van der Waals surface area contributed by atoms with Crippen LogP contribution in [0.5, 0.6) is 0 Å². The summed E-state index contributed by atoms with van der Waals surface area (Å²) >= 11 is 0. The van der Waals surface area contributed by atoms with E-state index in [2.05, 4.69) is 5.92 Å². The van der Waals surface area contributed by atoms with Crippen molar-refractivity contribution in [1.82, 2.24) is 0 Å². The van der Waals surface area contributed by atoms with E-state index < -0.39 is 5.67 Å². The lowest BCUT2D eigenvalue weighted by atomic mass is 9.81. The van der Waals surface area contributed by atoms with Gasteiger partial charge in [0.2, 0.25) is 0 Å². The van der Waals surface area contributed by atoms with Gasteiger partial charge in [-0.1, -0.05) is 0 Å². The molecule has 0 atom stereocenters. The number of rotatable bonds is 3. The van der Waals surface area contributed by atoms with E-state index in [9.17, 15) is 4.39 Å². The quantitative estimate of drug-likeness (QED) is 0.527. The molecule has 0 radical (unpaired) electrons. The van der Waals surface area contributed by atoms with Crippen LogP contribution >= 0.6 is 0 Å². The highest BCUT2D eigenvalue weighted by molar-refractivity contribution is 4.90. The van der Waals surface area contributed by atoms with Crippen molar-refractivity contribution in [2.24, 2.45) is 5.73 Å². The van der Waals surface area contributed by atoms with Gasteiger partial charge in [-0.15, -0.1) is 12.3 Å². The van der Waals surface area contributed by atoms with Crippen molar-refractivity contribution < 1.29 is 4.39 Å². The van der Waals surface area contributed by atoms with Crippen LogP contribution < -0.4 is 5.73 Å². The topological polar surface area (TPSA) is 26.0 Å². The predicted molar refractivity (Wildman–Crippen MR) is 53.0 cm³/mol. The Labute approximate surface area is 79.9 Å². The van der Waals surface area contributed by atoms with Crippen molar-refractivity contribution in [1.29, 1.82) is 0 Å². The lowest BCUT2D eigenvalue weighted by molar-refractivity contribution is 0.0872. The van der Waals surface area contributed by atoms with Crippen LogP contribution in [0.2, 0.25) is 0 Å². The molecule has 0 bridgehead atoms. The smallest absolute Gasteiger partial charge is 0.111 e. The lowest BCUT2D eigenvalue weighted by Crippen LogP contribution is -2.35. The number of alkyl halides is 1. The molecule has 0 aromatic heterocycles. The van der Waals surface area contributed by atoms with Crippen molar-refractivity contribution in [3.8, 4) is 12.3 Å². The molecule has 2 heteroatoms. The van der Waals surface area contributed by atoms with E-state index in [0.717, 1.165) is 19.3 Å². The van der Waals surface area contributed by atoms with E-state index in [1.54, 1.807) is 0 Å². The fourth-order valence-electron chi connectivity index (χ4n) is 1.91. The number of halogens is 1. The molecule has 1 rings (SSSR count). The van der Waals surface area contributed by atoms with Crippen LogP contribution in [-0.2, 0) is 0 Å². The predicted octanol–water partition coefficient (Wildman–Crippen LogP) is 2.40. The molecular weight excluding hydrogens is 165 g/mol. The van der Waals surface area contributed by atoms with Gasteiger partial charge in [-0.05, 0) is 38.5 Å². The molecule has 0 unspecified atom stereocenters. The molecule has 74 valence electrons. The summed E-state index contributed by atoms with van der Waals surface area (Å²) < 4.78 is 13.9. The van der Waals surface area contributed by atoms with E-state index in [1.165, 1.54) is 0 Å². The molecule has 0 spiro atoms. The van der Waals surface area contributed by atoms with Gasteiger partial charge in [0, 0.05) is 12.5 Å². The minimum Gasteiger partial charge on any atom is -0.328 e. The van der Waals surface area contributed by atoms with E-state index in [0.29, 0.717) is 25.7 Å². The number of hydrogen-bond acceptors (Lipinski definition) is 1. The molecule has 13 heavy (non-hydrogen) atoms. The Morgan fingerprint density at radius 1 is 1.46 bits per heavy atom. The molecule has 1 fully saturated rings. The van der Waals surface area contributed by atoms with Crippen molar-refractivity contribution in [2.75, 3.05) is 0 Å². The summed E-state index contributed by atoms with van der Waals surface area (Å²) in [5, 5.41) is 0. The minimum atomic E-state index is -0.966. The Morgan fingerprint density at radius 2 is 2.08 bits per heavy atom. The van der Waals surface area contributed by atoms with Gasteiger partial charge in [0.25, 0.3) is 0 Å². The molecular formula is C11H18FN. The lowest BCUT2D eigenvalue weighted by Gasteiger charge is -2.32. The Balaban J connectivity index is 2.27. The third-order valence-corrected chi connectivity index (χ3v) is 2.87. The molecule has 0 heterocycles. The molecule has 1 nitrogen and oxygen atoms in total. The van der Waals surface area contributed by atoms with E-state index in [-0.39, 0.29) is 6.04 Å². The first-order valence-electron chi connectivity index (χ1n) is 5.04. The van der Waals surface area contributed by atoms with Crippen LogP contribution in [0.15, 0.2) is 0 Å². The average Bonchev–Trinajstić information content (AvgIpc) is 2.12. The SMILES string of the molecule is C#CCCCC1(F)CCC(N)CC1. The second-order valence-electron chi connectivity index (χ2n) is 4.05. The summed E-state index contributed by atoms with van der Waals surface area (Å²) in [6, 6.07) is 0.219. The fraction of sp³-hybridized carbons (Fsp3) is 0.818. The molecule has 0 saturated heterocycles. The second-order valence-corrected chi connectivity index (χ2v) is 4.05. The molecule has 2 N–H and O–H groups in total. The monoisotopic (exact) mass is 183 g/mol. The van der Waals surface area contributed by atoms with Crippen LogP contribution in [0, 0.1) is 12.3 Å². The average molecular weight is 183 g/mol. The maximum atomic E-state index is 13.9. The van der Waals surface area contributed by atoms with Crippen LogP contribution in [-0.4, -0.2) is 11.7 Å². The molecule has 0 aromatic carbocycles. The van der Waals surface area contributed by atoms with Gasteiger partial charge >= 0.3 is 0 Å². The summed E-state index contributed by atoms with van der Waals surface area (Å²) in [4.78, 5) is 0. The largest absolute Gasteiger partial charge is 0.328 e. The van der Waals surface area contributed by atoms with Gasteiger partial charge < -0.3 is 5.73 Å². The summed E-state index contributed by atoms with van der Waals surface area (Å²) in [5.74, 6) is 2.54. The van der Waals surface area contributed by atoms with E-state index in [1.807, 2.05) is 0 Å². The van der Waals surface area contributed by atoms with Crippen LogP contribution in [0.1, 0.15) is 44.9 Å². The molecule has 0 aromatic rings. The summed E-state index contributed by atoms with van der Waals surface area (Å²) in [6.45, 7) is 0. The highest BCUT2D eigenvalue weighted by atomic mass is 19.1. The molecule has 0 aliphatic heterocycles. The third kappa shape index (κ3) is 3.36. The zero-order chi connectivity index (χ0) is 9.73. The van der Waals surface area contributed by atoms with Crippen molar-refractivity contribution >= 4 is 0 Å². The van der Waals surface area contributed by atoms with Crippen LogP contribution in [0.3, 0.4) is 0 Å². The van der Waals surface area contributed by atoms with Gasteiger partial charge in [0.05, 0.1) is 0 Å². The Morgan fingerprint density at radius 3 is 2.62 bits per heavy atom. The zero-order valence-corrected chi connectivity index (χ0v) is 8.06. The summed E-state index contributed by atoms with van der Waals surface area (Å²) in [6.07, 6.45) is 10.1. The number of terminal acetylenes is 1. The summed E-state index contributed by atoms with van der Waals surface area (Å²) in [5.41, 5.74) is 4.75. The maximum absolute atomic E-state index is 13.9. The van der Waals surface area contributed by atoms with E-state index in [4.69, 9.17) is 12.2 Å². The Kier molecular flexibility index (Phi) is 3.74. The van der Waals surface area contributed by atoms with Crippen molar-refractivity contribution in [3.63, 3.8) is 0 Å². The molecule has 1 aliphatic carbocycles. The van der Waals surface area contributed by atoms with Crippen LogP contribution in [0.4, 0.5) is 4.39 Å². The normalized spacial score (nSPS) is 34.1. The number of nitrogens with two attached hydrogens (primary N) is 1. The first kappa shape index (κ1) is 10.5. The number of unbranched alkanes of at least 4 members (excludes halogenated alkanes) is 1. The standard InChI is InChI=1S/C11H18FN/c1-2-3-4-7-11(12)8-5-10(13)6-9-11/h1,10H,3-9,13H2. The van der Waals surface area contributed by atoms with Crippen molar-refractivity contribution in [2.45, 2.75) is 56.7 Å². The van der Waals surface area contributed by atoms with Gasteiger partial charge in [-0.2, -0.15) is 0 Å². The fourth-order valence-corrected chi connectivity index (χ4v) is 1.91. The van der Waals surface area contributed by atoms with Gasteiger partial charge in [0.1, 0.15) is 5.67 Å². The number of hydrogen-bond donors (Lipinski definition) is 1. The third-order valence-electron chi connectivity index (χ3n) is 2.87. The van der Waals surface area contributed by atoms with Crippen LogP contribution in [0.25, 0.3) is 0 Å². The van der Waals surface area contributed by atoms with Crippen molar-refractivity contribution in [3.05, 3.63) is 0 Å². The second kappa shape index (κ2) is 4.62. The highest BCUT2D eigenvalue weighted by Crippen LogP contribution is 2.35. The first-order valence-corrected chi connectivity index (χ1v) is 5.04. The van der Waals surface area contributed by atoms with E-state index >= 15 is 0 Å². The highest BCUT2D eigenvalue weighted by Gasteiger charge is 2.33. The van der Waals surface area contributed by atoms with Gasteiger partial charge in [0.15, 0.2) is 0 Å². The molecule has 1 saturated carbocycles. The maximum Gasteiger partial charge on any atom is 0.111 e. The minimum absolute atomic E-state index is 0.219. The zero-order valence-electron chi connectivity index (χ0n) is 8.06. The molecule has 1 aliphatic rings. The first-order chi connectivity index (χ1) is 6.16. The Bertz CT molecular complexity index is 187. The molecule has 0 amide bonds. The van der Waals surface area contributed by atoms with Gasteiger partial charge in [-0.3, -0.25) is 0 Å². The van der Waals surface area contributed by atoms with Gasteiger partial charge in [-0.25, -0.2) is 4.39 Å². The Hall–Kier alpha value is -0.550.